The molecule has 8 nitrogen and oxygen atoms in total. The number of carbonyl (C=O) groups excluding carboxylic acids is 2. The zero-order chi connectivity index (χ0) is 26.1. The topological polar surface area (TPSA) is 138 Å². The van der Waals surface area contributed by atoms with E-state index in [9.17, 15) is 19.5 Å². The molecule has 5 aromatic rings. The maximum absolute atomic E-state index is 12.4. The van der Waals surface area contributed by atoms with E-state index in [-0.39, 0.29) is 5.56 Å². The fourth-order valence-corrected chi connectivity index (χ4v) is 4.65. The summed E-state index contributed by atoms with van der Waals surface area (Å²) in [5.41, 5.74) is 14.6. The Morgan fingerprint density at radius 2 is 1.46 bits per heavy atom. The van der Waals surface area contributed by atoms with Crippen LogP contribution in [0.4, 0.5) is 0 Å². The summed E-state index contributed by atoms with van der Waals surface area (Å²) >= 11 is 0. The number of hydrogen-bond acceptors (Lipinski definition) is 4. The van der Waals surface area contributed by atoms with Crippen molar-refractivity contribution in [3.05, 3.63) is 113 Å². The molecule has 0 aliphatic rings. The Morgan fingerprint density at radius 1 is 0.784 bits per heavy atom. The number of amides is 2. The predicted molar refractivity (Wildman–Crippen MR) is 139 cm³/mol. The lowest BCUT2D eigenvalue weighted by molar-refractivity contribution is -0.145. The Kier molecular flexibility index (Phi) is 6.07. The van der Waals surface area contributed by atoms with Crippen LogP contribution in [-0.2, 0) is 11.3 Å². The first kappa shape index (κ1) is 23.6. The van der Waals surface area contributed by atoms with Crippen LogP contribution in [0.5, 0.6) is 5.75 Å². The molecule has 0 fully saturated rings. The van der Waals surface area contributed by atoms with E-state index in [0.29, 0.717) is 45.2 Å². The van der Waals surface area contributed by atoms with Crippen LogP contribution in [0.1, 0.15) is 37.9 Å². The number of carboxylic acid groups (broad SMARTS) is 1. The SMILES string of the molecule is NC(=O)c1cccc(Cn2c3cccc(OC(C(=O)O)c4ccccc4)c3c3c(C(N)=O)cccc32)c1. The second kappa shape index (κ2) is 9.50. The van der Waals surface area contributed by atoms with E-state index in [1.807, 2.05) is 22.8 Å². The van der Waals surface area contributed by atoms with Gasteiger partial charge in [-0.2, -0.15) is 0 Å². The molecule has 0 saturated carbocycles. The molecule has 0 spiro atoms. The van der Waals surface area contributed by atoms with E-state index in [4.69, 9.17) is 16.2 Å². The summed E-state index contributed by atoms with van der Waals surface area (Å²) < 4.78 is 8.08. The van der Waals surface area contributed by atoms with Crippen molar-refractivity contribution in [2.45, 2.75) is 12.6 Å². The zero-order valence-electron chi connectivity index (χ0n) is 19.6. The monoisotopic (exact) mass is 493 g/mol. The Balaban J connectivity index is 1.74. The van der Waals surface area contributed by atoms with Gasteiger partial charge < -0.3 is 25.9 Å². The van der Waals surface area contributed by atoms with E-state index in [2.05, 4.69) is 0 Å². The summed E-state index contributed by atoms with van der Waals surface area (Å²) in [5.74, 6) is -1.99. The van der Waals surface area contributed by atoms with Crippen LogP contribution in [0.3, 0.4) is 0 Å². The molecule has 1 heterocycles. The number of nitrogens with zero attached hydrogens (tertiary/aromatic N) is 1. The van der Waals surface area contributed by atoms with E-state index in [1.54, 1.807) is 72.8 Å². The minimum Gasteiger partial charge on any atom is -0.478 e. The van der Waals surface area contributed by atoms with Gasteiger partial charge in [0.25, 0.3) is 0 Å². The fourth-order valence-electron chi connectivity index (χ4n) is 4.65. The van der Waals surface area contributed by atoms with Gasteiger partial charge in [-0.25, -0.2) is 4.79 Å². The standard InChI is InChI=1S/C29H23N3O5/c30-27(33)19-10-4-7-17(15-19)16-32-21-12-5-11-20(28(31)34)24(21)25-22(32)13-6-14-23(25)37-26(29(35)36)18-8-2-1-3-9-18/h1-15,26H,16H2,(H2,30,33)(H2,31,34)(H,35,36). The molecule has 184 valence electrons. The lowest BCUT2D eigenvalue weighted by Crippen LogP contribution is -2.18. The first-order chi connectivity index (χ1) is 17.8. The molecule has 37 heavy (non-hydrogen) atoms. The summed E-state index contributed by atoms with van der Waals surface area (Å²) in [7, 11) is 0. The minimum absolute atomic E-state index is 0.287. The van der Waals surface area contributed by atoms with Gasteiger partial charge in [0.1, 0.15) is 5.75 Å². The van der Waals surface area contributed by atoms with Crippen molar-refractivity contribution < 1.29 is 24.2 Å². The molecule has 5 N–H and O–H groups in total. The summed E-state index contributed by atoms with van der Waals surface area (Å²) in [6.45, 7) is 0.355. The molecule has 4 aromatic carbocycles. The van der Waals surface area contributed by atoms with Crippen LogP contribution in [0.2, 0.25) is 0 Å². The maximum Gasteiger partial charge on any atom is 0.349 e. The number of hydrogen-bond donors (Lipinski definition) is 3. The van der Waals surface area contributed by atoms with Gasteiger partial charge >= 0.3 is 5.97 Å². The molecule has 0 aliphatic carbocycles. The van der Waals surface area contributed by atoms with Crippen molar-refractivity contribution >= 4 is 39.6 Å². The predicted octanol–water partition coefficient (Wildman–Crippen LogP) is 4.25. The quantitative estimate of drug-likeness (QED) is 0.297. The average Bonchev–Trinajstić information content (AvgIpc) is 3.22. The summed E-state index contributed by atoms with van der Waals surface area (Å²) in [4.78, 5) is 36.3. The van der Waals surface area contributed by atoms with Gasteiger partial charge in [0.05, 0.1) is 16.4 Å². The summed E-state index contributed by atoms with van der Waals surface area (Å²) in [6, 6.07) is 26.2. The van der Waals surface area contributed by atoms with E-state index in [0.717, 1.165) is 5.56 Å². The average molecular weight is 494 g/mol. The Morgan fingerprint density at radius 3 is 2.14 bits per heavy atom. The number of primary amides is 2. The van der Waals surface area contributed by atoms with Crippen molar-refractivity contribution in [1.82, 2.24) is 4.57 Å². The molecule has 0 radical (unpaired) electrons. The van der Waals surface area contributed by atoms with Crippen LogP contribution >= 0.6 is 0 Å². The minimum atomic E-state index is -1.27. The number of carboxylic acids is 1. The lowest BCUT2D eigenvalue weighted by atomic mass is 10.0. The number of benzene rings is 4. The van der Waals surface area contributed by atoms with E-state index < -0.39 is 23.9 Å². The highest BCUT2D eigenvalue weighted by atomic mass is 16.5. The highest BCUT2D eigenvalue weighted by Gasteiger charge is 2.25. The van der Waals surface area contributed by atoms with Crippen LogP contribution < -0.4 is 16.2 Å². The fraction of sp³-hybridized carbons (Fsp3) is 0.0690. The van der Waals surface area contributed by atoms with Crippen molar-refractivity contribution in [2.24, 2.45) is 11.5 Å². The Labute approximate surface area is 211 Å². The molecular weight excluding hydrogens is 470 g/mol. The largest absolute Gasteiger partial charge is 0.478 e. The normalized spacial score (nSPS) is 11.9. The van der Waals surface area contributed by atoms with Crippen molar-refractivity contribution in [3.63, 3.8) is 0 Å². The molecule has 1 atom stereocenters. The van der Waals surface area contributed by atoms with Gasteiger partial charge in [0.15, 0.2) is 0 Å². The van der Waals surface area contributed by atoms with Crippen molar-refractivity contribution in [2.75, 3.05) is 0 Å². The van der Waals surface area contributed by atoms with Crippen molar-refractivity contribution in [3.8, 4) is 5.75 Å². The molecule has 5 rings (SSSR count). The van der Waals surface area contributed by atoms with Crippen molar-refractivity contribution in [1.29, 1.82) is 0 Å². The molecule has 0 saturated heterocycles. The smallest absolute Gasteiger partial charge is 0.349 e. The number of ether oxygens (including phenoxy) is 1. The molecule has 8 heteroatoms. The summed E-state index contributed by atoms with van der Waals surface area (Å²) in [6.07, 6.45) is -1.27. The molecule has 1 aromatic heterocycles. The first-order valence-electron chi connectivity index (χ1n) is 11.5. The molecule has 2 amide bonds. The lowest BCUT2D eigenvalue weighted by Gasteiger charge is -2.17. The molecule has 0 bridgehead atoms. The third kappa shape index (κ3) is 4.36. The van der Waals surface area contributed by atoms with Crippen LogP contribution in [0, 0.1) is 0 Å². The van der Waals surface area contributed by atoms with Gasteiger partial charge in [-0.05, 0) is 42.0 Å². The number of carbonyl (C=O) groups is 3. The maximum atomic E-state index is 12.4. The van der Waals surface area contributed by atoms with Gasteiger partial charge in [-0.3, -0.25) is 9.59 Å². The zero-order valence-corrected chi connectivity index (χ0v) is 19.6. The second-order valence-electron chi connectivity index (χ2n) is 8.61. The van der Waals surface area contributed by atoms with Crippen LogP contribution in [0.25, 0.3) is 21.8 Å². The van der Waals surface area contributed by atoms with E-state index >= 15 is 0 Å². The van der Waals surface area contributed by atoms with Crippen LogP contribution in [-0.4, -0.2) is 27.5 Å². The molecule has 0 aliphatic heterocycles. The number of fused-ring (bicyclic) bond motifs is 3. The number of nitrogens with two attached hydrogens (primary N) is 2. The molecular formula is C29H23N3O5. The third-order valence-electron chi connectivity index (χ3n) is 6.27. The molecule has 1 unspecified atom stereocenters. The summed E-state index contributed by atoms with van der Waals surface area (Å²) in [5, 5.41) is 11.1. The van der Waals surface area contributed by atoms with Gasteiger partial charge in [-0.1, -0.05) is 54.6 Å². The number of aliphatic carboxylic acids is 1. The highest BCUT2D eigenvalue weighted by molar-refractivity contribution is 6.19. The van der Waals surface area contributed by atoms with Gasteiger partial charge in [-0.15, -0.1) is 0 Å². The number of rotatable bonds is 8. The second-order valence-corrected chi connectivity index (χ2v) is 8.61. The number of aromatic nitrogens is 1. The van der Waals surface area contributed by atoms with Crippen LogP contribution in [0.15, 0.2) is 91.0 Å². The highest BCUT2D eigenvalue weighted by Crippen LogP contribution is 2.39. The van der Waals surface area contributed by atoms with Gasteiger partial charge in [0, 0.05) is 28.6 Å². The van der Waals surface area contributed by atoms with Gasteiger partial charge in [0.2, 0.25) is 17.9 Å². The Hall–Kier alpha value is -5.11. The Bertz CT molecular complexity index is 1670. The van der Waals surface area contributed by atoms with E-state index in [1.165, 1.54) is 0 Å². The first-order valence-corrected chi connectivity index (χ1v) is 11.5. The third-order valence-corrected chi connectivity index (χ3v) is 6.27.